The van der Waals surface area contributed by atoms with E-state index in [0.29, 0.717) is 5.92 Å². The number of benzene rings is 1. The molecule has 0 bridgehead atoms. The Balaban J connectivity index is 2.50. The van der Waals surface area contributed by atoms with Crippen LogP contribution in [0.25, 0.3) is 0 Å². The van der Waals surface area contributed by atoms with Crippen LogP contribution in [0.3, 0.4) is 0 Å². The van der Waals surface area contributed by atoms with Crippen molar-refractivity contribution >= 4 is 34.2 Å². The first-order valence-corrected chi connectivity index (χ1v) is 5.78. The van der Waals surface area contributed by atoms with Crippen molar-refractivity contribution in [2.24, 2.45) is 5.92 Å². The highest BCUT2D eigenvalue weighted by Crippen LogP contribution is 2.37. The normalized spacial score (nSPS) is 19.7. The molecule has 1 aromatic carbocycles. The highest BCUT2D eigenvalue weighted by Gasteiger charge is 2.32. The van der Waals surface area contributed by atoms with Crippen LogP contribution in [-0.2, 0) is 4.79 Å². The topological polar surface area (TPSA) is 29.1 Å². The number of carbonyl (C=O) groups excluding carboxylic acids is 1. The second-order valence-electron chi connectivity index (χ2n) is 3.94. The lowest BCUT2D eigenvalue weighted by Gasteiger charge is -2.12. The van der Waals surface area contributed by atoms with E-state index in [1.54, 1.807) is 0 Å². The first-order valence-electron chi connectivity index (χ1n) is 4.70. The van der Waals surface area contributed by atoms with Gasteiger partial charge in [-0.25, -0.2) is 0 Å². The Morgan fingerprint density at radius 1 is 1.43 bits per heavy atom. The van der Waals surface area contributed by atoms with Crippen molar-refractivity contribution in [1.82, 2.24) is 0 Å². The monoisotopic (exact) mass is 301 g/mol. The van der Waals surface area contributed by atoms with Crippen LogP contribution in [0.1, 0.15) is 25.3 Å². The molecule has 3 heteroatoms. The maximum Gasteiger partial charge on any atom is 0.232 e. The van der Waals surface area contributed by atoms with E-state index in [2.05, 4.69) is 47.8 Å². The molecule has 1 atom stereocenters. The summed E-state index contributed by atoms with van der Waals surface area (Å²) < 4.78 is 1.18. The molecule has 1 heterocycles. The molecule has 1 N–H and O–H groups in total. The molecule has 2 rings (SSSR count). The van der Waals surface area contributed by atoms with E-state index in [-0.39, 0.29) is 11.8 Å². The van der Waals surface area contributed by atoms with Crippen molar-refractivity contribution in [1.29, 1.82) is 0 Å². The van der Waals surface area contributed by atoms with Gasteiger partial charge in [0.25, 0.3) is 0 Å². The Labute approximate surface area is 97.2 Å². The number of nitrogens with one attached hydrogen (secondary N) is 1. The fourth-order valence-corrected chi connectivity index (χ4v) is 2.43. The number of amides is 1. The highest BCUT2D eigenvalue weighted by molar-refractivity contribution is 14.1. The predicted octanol–water partition coefficient (Wildman–Crippen LogP) is 2.98. The Hall–Kier alpha value is -0.580. The van der Waals surface area contributed by atoms with Gasteiger partial charge in [-0.3, -0.25) is 4.79 Å². The first kappa shape index (κ1) is 9.96. The standard InChI is InChI=1S/C11H12INO/c1-6(2)10-8-5-7(12)3-4-9(8)13-11(10)14/h3-6,10H,1-2H3,(H,13,14). The molecule has 0 saturated heterocycles. The molecule has 2 nitrogen and oxygen atoms in total. The van der Waals surface area contributed by atoms with Crippen molar-refractivity contribution in [3.05, 3.63) is 27.3 Å². The molecular weight excluding hydrogens is 289 g/mol. The summed E-state index contributed by atoms with van der Waals surface area (Å²) in [7, 11) is 0. The fourth-order valence-electron chi connectivity index (χ4n) is 1.92. The second kappa shape index (κ2) is 3.53. The zero-order valence-corrected chi connectivity index (χ0v) is 10.3. The van der Waals surface area contributed by atoms with Crippen LogP contribution in [0.4, 0.5) is 5.69 Å². The van der Waals surface area contributed by atoms with Crippen LogP contribution in [0, 0.1) is 9.49 Å². The van der Waals surface area contributed by atoms with Gasteiger partial charge in [-0.15, -0.1) is 0 Å². The van der Waals surface area contributed by atoms with Gasteiger partial charge in [0.15, 0.2) is 0 Å². The third kappa shape index (κ3) is 1.54. The van der Waals surface area contributed by atoms with Crippen molar-refractivity contribution in [2.45, 2.75) is 19.8 Å². The maximum absolute atomic E-state index is 11.7. The van der Waals surface area contributed by atoms with Crippen LogP contribution >= 0.6 is 22.6 Å². The third-order valence-electron chi connectivity index (χ3n) is 2.56. The summed E-state index contributed by atoms with van der Waals surface area (Å²) in [6.45, 7) is 4.17. The van der Waals surface area contributed by atoms with Gasteiger partial charge in [-0.05, 0) is 52.3 Å². The Kier molecular flexibility index (Phi) is 2.51. The van der Waals surface area contributed by atoms with Gasteiger partial charge in [-0.1, -0.05) is 13.8 Å². The van der Waals surface area contributed by atoms with E-state index in [0.717, 1.165) is 11.3 Å². The minimum absolute atomic E-state index is 0.0275. The molecule has 0 aromatic heterocycles. The van der Waals surface area contributed by atoms with Crippen molar-refractivity contribution in [3.63, 3.8) is 0 Å². The first-order chi connectivity index (χ1) is 6.59. The summed E-state index contributed by atoms with van der Waals surface area (Å²) in [4.78, 5) is 11.7. The van der Waals surface area contributed by atoms with Crippen LogP contribution in [0.15, 0.2) is 18.2 Å². The minimum Gasteiger partial charge on any atom is -0.325 e. The Morgan fingerprint density at radius 3 is 2.79 bits per heavy atom. The molecule has 74 valence electrons. The average Bonchev–Trinajstić information content (AvgIpc) is 2.40. The number of fused-ring (bicyclic) bond motifs is 1. The minimum atomic E-state index is 0.0275. The number of halogens is 1. The number of hydrogen-bond acceptors (Lipinski definition) is 1. The molecule has 1 unspecified atom stereocenters. The molecule has 0 radical (unpaired) electrons. The highest BCUT2D eigenvalue weighted by atomic mass is 127. The van der Waals surface area contributed by atoms with Crippen LogP contribution in [0.2, 0.25) is 0 Å². The molecule has 0 spiro atoms. The summed E-state index contributed by atoms with van der Waals surface area (Å²) in [5.74, 6) is 0.520. The molecule has 0 aliphatic carbocycles. The van der Waals surface area contributed by atoms with Crippen LogP contribution in [-0.4, -0.2) is 5.91 Å². The van der Waals surface area contributed by atoms with Gasteiger partial charge in [0.05, 0.1) is 5.92 Å². The number of rotatable bonds is 1. The number of carbonyl (C=O) groups is 1. The van der Waals surface area contributed by atoms with E-state index in [9.17, 15) is 4.79 Å². The molecule has 0 fully saturated rings. The van der Waals surface area contributed by atoms with Crippen molar-refractivity contribution < 1.29 is 4.79 Å². The molecule has 14 heavy (non-hydrogen) atoms. The zero-order chi connectivity index (χ0) is 10.3. The van der Waals surface area contributed by atoms with E-state index in [4.69, 9.17) is 0 Å². The zero-order valence-electron chi connectivity index (χ0n) is 8.17. The van der Waals surface area contributed by atoms with Crippen LogP contribution in [0.5, 0.6) is 0 Å². The van der Waals surface area contributed by atoms with E-state index in [1.165, 1.54) is 3.57 Å². The average molecular weight is 301 g/mol. The van der Waals surface area contributed by atoms with Crippen molar-refractivity contribution in [2.75, 3.05) is 5.32 Å². The Morgan fingerprint density at radius 2 is 2.14 bits per heavy atom. The SMILES string of the molecule is CC(C)C1C(=O)Nc2ccc(I)cc21. The number of hydrogen-bond donors (Lipinski definition) is 1. The van der Waals surface area contributed by atoms with E-state index in [1.807, 2.05) is 12.1 Å². The maximum atomic E-state index is 11.7. The quantitative estimate of drug-likeness (QED) is 0.794. The number of anilines is 1. The van der Waals surface area contributed by atoms with E-state index < -0.39 is 0 Å². The summed E-state index contributed by atoms with van der Waals surface area (Å²) in [5.41, 5.74) is 2.13. The summed E-state index contributed by atoms with van der Waals surface area (Å²) in [6, 6.07) is 6.10. The second-order valence-corrected chi connectivity index (χ2v) is 5.19. The van der Waals surface area contributed by atoms with Gasteiger partial charge in [0, 0.05) is 9.26 Å². The lowest BCUT2D eigenvalue weighted by atomic mass is 9.90. The van der Waals surface area contributed by atoms with Gasteiger partial charge in [0.1, 0.15) is 0 Å². The summed E-state index contributed by atoms with van der Waals surface area (Å²) in [6.07, 6.45) is 0. The van der Waals surface area contributed by atoms with Crippen molar-refractivity contribution in [3.8, 4) is 0 Å². The predicted molar refractivity (Wildman–Crippen MR) is 65.4 cm³/mol. The Bertz CT molecular complexity index is 387. The van der Waals surface area contributed by atoms with Gasteiger partial charge < -0.3 is 5.32 Å². The van der Waals surface area contributed by atoms with Crippen LogP contribution < -0.4 is 5.32 Å². The smallest absolute Gasteiger partial charge is 0.232 e. The largest absolute Gasteiger partial charge is 0.325 e. The molecule has 1 amide bonds. The molecule has 0 saturated carbocycles. The molecular formula is C11H12INO. The third-order valence-corrected chi connectivity index (χ3v) is 3.23. The summed E-state index contributed by atoms with van der Waals surface area (Å²) >= 11 is 2.27. The lowest BCUT2D eigenvalue weighted by molar-refractivity contribution is -0.117. The molecule has 1 aliphatic heterocycles. The van der Waals surface area contributed by atoms with E-state index >= 15 is 0 Å². The summed E-state index contributed by atoms with van der Waals surface area (Å²) in [5, 5.41) is 2.91. The van der Waals surface area contributed by atoms with Gasteiger partial charge in [-0.2, -0.15) is 0 Å². The molecule has 1 aromatic rings. The van der Waals surface area contributed by atoms with Gasteiger partial charge >= 0.3 is 0 Å². The lowest BCUT2D eigenvalue weighted by Crippen LogP contribution is -2.16. The fraction of sp³-hybridized carbons (Fsp3) is 0.364. The molecule has 1 aliphatic rings. The van der Waals surface area contributed by atoms with Gasteiger partial charge in [0.2, 0.25) is 5.91 Å².